The van der Waals surface area contributed by atoms with Gasteiger partial charge < -0.3 is 86.4 Å². The van der Waals surface area contributed by atoms with Crippen molar-refractivity contribution in [1.29, 1.82) is 0 Å². The third-order valence-electron chi connectivity index (χ3n) is 15.4. The van der Waals surface area contributed by atoms with E-state index in [-0.39, 0.29) is 110 Å². The number of carbonyl (C=O) groups excluding carboxylic acids is 3. The lowest BCUT2D eigenvalue weighted by molar-refractivity contribution is -0.194. The SMILES string of the molecule is CC[C@@H]1C[C@@H](O)[C@H](n2c(=O)sc3c(=O)[nH]c(N)nc32)O1.CC[C@@H]1C[C@@H](OC(C)=O)C(OC(C)=O)O1.CC[C@@H]1C[C@@H](OC(C)=O)[C@H](n2c(=O)sc3c(=O)[nH]c(N)nc32)O1.Nc1nc2c(sc(=O)n2[C@@H]2O[C@H](CO)C[C@H]2O)c(=O)[nH]1.Nc1nc2c(sc(=O)n2[C@@H]2O[C@H](CO)C[C@H]2O)c(=O)[nH]1. The first-order valence-corrected chi connectivity index (χ1v) is 33.4. The number of anilines is 4. The van der Waals surface area contributed by atoms with E-state index in [4.69, 9.17) is 71.0 Å². The van der Waals surface area contributed by atoms with Gasteiger partial charge in [-0.05, 0) is 19.3 Å². The normalized spacial score (nSPS) is 26.4. The number of rotatable bonds is 12. The van der Waals surface area contributed by atoms with Gasteiger partial charge in [0.1, 0.15) is 43.2 Å². The van der Waals surface area contributed by atoms with Gasteiger partial charge in [-0.15, -0.1) is 0 Å². The summed E-state index contributed by atoms with van der Waals surface area (Å²) in [5, 5.41) is 48.1. The maximum absolute atomic E-state index is 12.3. The Morgan fingerprint density at radius 1 is 0.429 bits per heavy atom. The zero-order chi connectivity index (χ0) is 71.5. The lowest BCUT2D eigenvalue weighted by atomic mass is 10.1. The van der Waals surface area contributed by atoms with Gasteiger partial charge in [-0.1, -0.05) is 66.1 Å². The van der Waals surface area contributed by atoms with E-state index in [9.17, 15) is 68.1 Å². The molecule has 0 bridgehead atoms. The summed E-state index contributed by atoms with van der Waals surface area (Å²) >= 11 is 2.93. The fraction of sp³-hybridized carbons (Fsp3) is 0.574. The predicted octanol–water partition coefficient (Wildman–Crippen LogP) is -2.11. The molecule has 0 radical (unpaired) electrons. The van der Waals surface area contributed by atoms with Crippen LogP contribution in [0.3, 0.4) is 0 Å². The molecule has 40 nitrogen and oxygen atoms in total. The van der Waals surface area contributed by atoms with Gasteiger partial charge >= 0.3 is 37.4 Å². The molecule has 8 aromatic heterocycles. The average molecular weight is 1460 g/mol. The highest BCUT2D eigenvalue weighted by Crippen LogP contribution is 2.36. The molecule has 0 amide bonds. The monoisotopic (exact) mass is 1450 g/mol. The van der Waals surface area contributed by atoms with E-state index in [2.05, 4.69) is 39.9 Å². The van der Waals surface area contributed by atoms with Crippen LogP contribution in [-0.4, -0.2) is 182 Å². The van der Waals surface area contributed by atoms with Gasteiger partial charge in [0.25, 0.3) is 22.2 Å². The number of H-pyrrole nitrogens is 4. The Balaban J connectivity index is 0.000000144. The Morgan fingerprint density at radius 2 is 0.694 bits per heavy atom. The van der Waals surface area contributed by atoms with Crippen LogP contribution in [0.5, 0.6) is 0 Å². The van der Waals surface area contributed by atoms with Crippen molar-refractivity contribution in [2.24, 2.45) is 0 Å². The molecule has 0 saturated carbocycles. The number of nitrogens with one attached hydrogen (secondary N) is 4. The zero-order valence-corrected chi connectivity index (χ0v) is 56.0. The van der Waals surface area contributed by atoms with Crippen LogP contribution in [0.1, 0.15) is 118 Å². The number of aliphatic hydroxyl groups is 5. The Kier molecular flexibility index (Phi) is 23.4. The molecule has 534 valence electrons. The third kappa shape index (κ3) is 16.1. The molecule has 15 atom stereocenters. The van der Waals surface area contributed by atoms with E-state index < -0.39 is 134 Å². The van der Waals surface area contributed by atoms with Crippen LogP contribution < -0.4 is 64.7 Å². The lowest BCUT2D eigenvalue weighted by Crippen LogP contribution is -2.30. The van der Waals surface area contributed by atoms with Crippen LogP contribution >= 0.6 is 45.3 Å². The smallest absolute Gasteiger partial charge is 0.311 e. The van der Waals surface area contributed by atoms with E-state index in [0.29, 0.717) is 48.4 Å². The summed E-state index contributed by atoms with van der Waals surface area (Å²) in [7, 11) is 0. The first kappa shape index (κ1) is 73.7. The number of nitrogens with two attached hydrogens (primary N) is 4. The summed E-state index contributed by atoms with van der Waals surface area (Å²) in [4.78, 5) is 152. The van der Waals surface area contributed by atoms with Crippen molar-refractivity contribution in [3.63, 3.8) is 0 Å². The highest BCUT2D eigenvalue weighted by Gasteiger charge is 2.43. The van der Waals surface area contributed by atoms with Crippen molar-refractivity contribution in [2.45, 2.75) is 185 Å². The Morgan fingerprint density at radius 3 is 0.990 bits per heavy atom. The number of aromatic nitrogens is 12. The quantitative estimate of drug-likeness (QED) is 0.0460. The van der Waals surface area contributed by atoms with Gasteiger partial charge in [-0.3, -0.25) is 90.9 Å². The minimum absolute atomic E-state index is 0.0151. The molecule has 44 heteroatoms. The van der Waals surface area contributed by atoms with Gasteiger partial charge in [0.05, 0.1) is 43.7 Å². The van der Waals surface area contributed by atoms with Crippen molar-refractivity contribution in [3.05, 3.63) is 80.1 Å². The van der Waals surface area contributed by atoms with Crippen molar-refractivity contribution in [1.82, 2.24) is 58.1 Å². The van der Waals surface area contributed by atoms with E-state index in [1.165, 1.54) is 29.9 Å². The number of aromatic amines is 4. The van der Waals surface area contributed by atoms with Crippen LogP contribution in [0.15, 0.2) is 38.4 Å². The highest BCUT2D eigenvalue weighted by molar-refractivity contribution is 7.17. The van der Waals surface area contributed by atoms with Crippen molar-refractivity contribution in [2.75, 3.05) is 36.1 Å². The first-order valence-electron chi connectivity index (χ1n) is 30.1. The molecule has 0 aromatic carbocycles. The largest absolute Gasteiger partial charge is 0.458 e. The molecule has 5 fully saturated rings. The van der Waals surface area contributed by atoms with E-state index in [1.54, 1.807) is 0 Å². The number of aliphatic hydroxyl groups excluding tert-OH is 5. The van der Waals surface area contributed by atoms with Crippen LogP contribution in [0.2, 0.25) is 0 Å². The second kappa shape index (κ2) is 31.1. The summed E-state index contributed by atoms with van der Waals surface area (Å²) in [6.07, 6.45) is -5.45. The van der Waals surface area contributed by atoms with Gasteiger partial charge in [0, 0.05) is 52.9 Å². The van der Waals surface area contributed by atoms with E-state index >= 15 is 0 Å². The summed E-state index contributed by atoms with van der Waals surface area (Å²) < 4.78 is 48.2. The molecule has 13 rings (SSSR count). The number of fused-ring (bicyclic) bond motifs is 4. The maximum atomic E-state index is 12.3. The Hall–Kier alpha value is -8.51. The standard InChI is InChI=1S/C13H16N4O5S.C11H14N4O4S.2C10H12N4O5S.C10H16O5/c1-3-6-4-7(21-5(2)18)11(22-6)17-9-8(23-13(17)20)10(19)16-12(14)15-9;1-2-4-3-5(16)9(19-4)15-7-6(20-11(15)18)8(17)14-10(12)13-7;2*11-9-12-6-5(7(17)13-9)20-10(18)14(6)8-4(16)1-3(2-15)19-8;1-4-8-5-9(13-6(2)11)10(15-8)14-7(3)12/h6-7,11H,3-4H2,1-2H3,(H3,14,15,16,19);4-5,9,16H,2-3H2,1H3,(H3,12,13,14,17);2*3-4,8,15-16H,1-2H2,(H3,11,12,13,17);8-10H,4-5H2,1-3H3/t6-,7-,11-;4-,5-,9-;2*3-,4+,8+;8-,9-,10?/m11001/s1. The molecule has 0 spiro atoms. The van der Waals surface area contributed by atoms with Gasteiger partial charge in [0.15, 0.2) is 53.6 Å². The van der Waals surface area contributed by atoms with Crippen LogP contribution in [-0.2, 0) is 52.3 Å². The van der Waals surface area contributed by atoms with Gasteiger partial charge in [-0.2, -0.15) is 19.9 Å². The Bertz CT molecular complexity index is 4410. The molecule has 5 aliphatic rings. The highest BCUT2D eigenvalue weighted by atomic mass is 32.1. The van der Waals surface area contributed by atoms with Crippen LogP contribution in [0.4, 0.5) is 23.8 Å². The predicted molar refractivity (Wildman–Crippen MR) is 349 cm³/mol. The minimum Gasteiger partial charge on any atom is -0.458 e. The molecular formula is C54H70N16O24S4. The lowest BCUT2D eigenvalue weighted by Gasteiger charge is -2.19. The summed E-state index contributed by atoms with van der Waals surface area (Å²) in [5.74, 6) is -1.71. The summed E-state index contributed by atoms with van der Waals surface area (Å²) in [6, 6.07) is 0. The first-order chi connectivity index (χ1) is 46.4. The molecule has 17 N–H and O–H groups in total. The topological polar surface area (TPSA) is 601 Å². The fourth-order valence-electron chi connectivity index (χ4n) is 11.1. The maximum Gasteiger partial charge on any atom is 0.311 e. The average Bonchev–Trinajstić information content (AvgIpc) is 1.63. The van der Waals surface area contributed by atoms with Crippen molar-refractivity contribution in [3.8, 4) is 0 Å². The van der Waals surface area contributed by atoms with Crippen LogP contribution in [0, 0.1) is 0 Å². The molecule has 5 saturated heterocycles. The second-order valence-electron chi connectivity index (χ2n) is 22.5. The molecule has 0 aliphatic carbocycles. The number of nitrogen functional groups attached to an aromatic ring is 4. The number of esters is 3. The summed E-state index contributed by atoms with van der Waals surface area (Å²) in [5.41, 5.74) is 20.5. The molecule has 98 heavy (non-hydrogen) atoms. The van der Waals surface area contributed by atoms with E-state index in [0.717, 1.165) is 44.6 Å². The third-order valence-corrected chi connectivity index (χ3v) is 19.2. The zero-order valence-electron chi connectivity index (χ0n) is 52.7. The number of nitrogens with zero attached hydrogens (tertiary/aromatic N) is 8. The molecular weight excluding hydrogens is 1380 g/mol. The van der Waals surface area contributed by atoms with Crippen LogP contribution in [0.25, 0.3) is 41.4 Å². The number of thiazole rings is 4. The molecule has 8 aromatic rings. The summed E-state index contributed by atoms with van der Waals surface area (Å²) in [6.45, 7) is 9.23. The number of ether oxygens (including phenoxy) is 8. The van der Waals surface area contributed by atoms with Gasteiger partial charge in [-0.25, -0.2) is 0 Å². The van der Waals surface area contributed by atoms with E-state index in [1.807, 2.05) is 20.8 Å². The second-order valence-corrected chi connectivity index (χ2v) is 26.3. The fourth-order valence-corrected chi connectivity index (χ4v) is 14.5. The van der Waals surface area contributed by atoms with Crippen molar-refractivity contribution < 1.29 is 77.8 Å². The molecule has 13 heterocycles. The number of carbonyl (C=O) groups is 3. The number of hydrogen-bond donors (Lipinski definition) is 13. The number of hydrogen-bond acceptors (Lipinski definition) is 36. The molecule has 1 unspecified atom stereocenters. The van der Waals surface area contributed by atoms with Gasteiger partial charge in [0.2, 0.25) is 30.1 Å². The molecule has 5 aliphatic heterocycles. The Labute approximate surface area is 563 Å². The minimum atomic E-state index is -0.984. The van der Waals surface area contributed by atoms with Crippen molar-refractivity contribution >= 4 is 128 Å².